The zero-order valence-electron chi connectivity index (χ0n) is 10.2. The molecular weight excluding hydrogens is 218 g/mol. The maximum atomic E-state index is 11.8. The Labute approximate surface area is 101 Å². The molecule has 1 aliphatic heterocycles. The first-order valence-corrected chi connectivity index (χ1v) is 5.71. The maximum absolute atomic E-state index is 11.8. The van der Waals surface area contributed by atoms with Crippen molar-refractivity contribution in [1.29, 1.82) is 0 Å². The van der Waals surface area contributed by atoms with Gasteiger partial charge in [-0.15, -0.1) is 0 Å². The summed E-state index contributed by atoms with van der Waals surface area (Å²) in [5.41, 5.74) is 1.03. The summed E-state index contributed by atoms with van der Waals surface area (Å²) in [5.74, 6) is 0.855. The monoisotopic (exact) mass is 235 g/mol. The summed E-state index contributed by atoms with van der Waals surface area (Å²) in [5, 5.41) is 0. The number of hydrogen-bond donors (Lipinski definition) is 0. The Morgan fingerprint density at radius 2 is 2.24 bits per heavy atom. The van der Waals surface area contributed by atoms with Gasteiger partial charge >= 0.3 is 0 Å². The van der Waals surface area contributed by atoms with Crippen molar-refractivity contribution in [2.24, 2.45) is 0 Å². The third kappa shape index (κ3) is 2.58. The standard InChI is InChI=1S/C13H17NO3/c1-10-8-17-9-13(15)14(10)7-11-5-3-4-6-12(11)16-2/h3-6,10H,7-9H2,1-2H3. The van der Waals surface area contributed by atoms with Gasteiger partial charge < -0.3 is 14.4 Å². The molecular formula is C13H17NO3. The Morgan fingerprint density at radius 3 is 2.94 bits per heavy atom. The van der Waals surface area contributed by atoms with E-state index < -0.39 is 0 Å². The molecule has 1 aromatic carbocycles. The number of amides is 1. The van der Waals surface area contributed by atoms with Crippen molar-refractivity contribution < 1.29 is 14.3 Å². The van der Waals surface area contributed by atoms with Gasteiger partial charge in [0.05, 0.1) is 19.8 Å². The van der Waals surface area contributed by atoms with Crippen LogP contribution in [0, 0.1) is 0 Å². The van der Waals surface area contributed by atoms with Crippen LogP contribution in [-0.4, -0.2) is 37.2 Å². The minimum atomic E-state index is 0.0367. The number of carbonyl (C=O) groups excluding carboxylic acids is 1. The molecule has 1 saturated heterocycles. The lowest BCUT2D eigenvalue weighted by Gasteiger charge is -2.33. The van der Waals surface area contributed by atoms with E-state index in [4.69, 9.17) is 9.47 Å². The lowest BCUT2D eigenvalue weighted by Crippen LogP contribution is -2.47. The van der Waals surface area contributed by atoms with Gasteiger partial charge in [-0.05, 0) is 13.0 Å². The van der Waals surface area contributed by atoms with E-state index >= 15 is 0 Å². The smallest absolute Gasteiger partial charge is 0.249 e. The van der Waals surface area contributed by atoms with Gasteiger partial charge in [0.1, 0.15) is 12.4 Å². The fourth-order valence-corrected chi connectivity index (χ4v) is 2.00. The van der Waals surface area contributed by atoms with Crippen LogP contribution in [0.15, 0.2) is 24.3 Å². The van der Waals surface area contributed by atoms with E-state index in [1.165, 1.54) is 0 Å². The maximum Gasteiger partial charge on any atom is 0.249 e. The van der Waals surface area contributed by atoms with E-state index in [2.05, 4.69) is 0 Å². The Hall–Kier alpha value is -1.55. The van der Waals surface area contributed by atoms with Crippen molar-refractivity contribution in [2.75, 3.05) is 20.3 Å². The SMILES string of the molecule is COc1ccccc1CN1C(=O)COCC1C. The van der Waals surface area contributed by atoms with Crippen molar-refractivity contribution in [3.8, 4) is 5.75 Å². The minimum Gasteiger partial charge on any atom is -0.496 e. The summed E-state index contributed by atoms with van der Waals surface area (Å²) in [4.78, 5) is 13.6. The second-order valence-electron chi connectivity index (χ2n) is 4.20. The predicted octanol–water partition coefficient (Wildman–Crippen LogP) is 1.44. The molecule has 17 heavy (non-hydrogen) atoms. The van der Waals surface area contributed by atoms with Crippen LogP contribution < -0.4 is 4.74 Å². The Bertz CT molecular complexity index is 405. The zero-order chi connectivity index (χ0) is 12.3. The molecule has 0 N–H and O–H groups in total. The molecule has 4 nitrogen and oxygen atoms in total. The fourth-order valence-electron chi connectivity index (χ4n) is 2.00. The summed E-state index contributed by atoms with van der Waals surface area (Å²) < 4.78 is 10.5. The van der Waals surface area contributed by atoms with Crippen LogP contribution in [0.4, 0.5) is 0 Å². The Balaban J connectivity index is 2.16. The van der Waals surface area contributed by atoms with Crippen LogP contribution in [0.2, 0.25) is 0 Å². The Morgan fingerprint density at radius 1 is 1.47 bits per heavy atom. The van der Waals surface area contributed by atoms with Gasteiger partial charge in [-0.25, -0.2) is 0 Å². The molecule has 92 valence electrons. The minimum absolute atomic E-state index is 0.0367. The van der Waals surface area contributed by atoms with Gasteiger partial charge in [0, 0.05) is 12.1 Å². The van der Waals surface area contributed by atoms with Crippen molar-refractivity contribution >= 4 is 5.91 Å². The number of carbonyl (C=O) groups is 1. The number of para-hydroxylation sites is 1. The van der Waals surface area contributed by atoms with Crippen molar-refractivity contribution in [1.82, 2.24) is 4.90 Å². The van der Waals surface area contributed by atoms with Crippen LogP contribution >= 0.6 is 0 Å². The highest BCUT2D eigenvalue weighted by Gasteiger charge is 2.25. The third-order valence-electron chi connectivity index (χ3n) is 2.97. The van der Waals surface area contributed by atoms with E-state index in [0.717, 1.165) is 11.3 Å². The highest BCUT2D eigenvalue weighted by molar-refractivity contribution is 5.78. The van der Waals surface area contributed by atoms with Gasteiger partial charge in [-0.1, -0.05) is 18.2 Å². The second-order valence-corrected chi connectivity index (χ2v) is 4.20. The van der Waals surface area contributed by atoms with Crippen molar-refractivity contribution in [2.45, 2.75) is 19.5 Å². The van der Waals surface area contributed by atoms with E-state index in [1.807, 2.05) is 36.1 Å². The summed E-state index contributed by atoms with van der Waals surface area (Å²) in [7, 11) is 1.64. The van der Waals surface area contributed by atoms with Crippen molar-refractivity contribution in [3.63, 3.8) is 0 Å². The average Bonchev–Trinajstić information content (AvgIpc) is 2.34. The molecule has 1 aliphatic rings. The average molecular weight is 235 g/mol. The number of methoxy groups -OCH3 is 1. The summed E-state index contributed by atoms with van der Waals surface area (Å²) in [6.45, 7) is 3.35. The topological polar surface area (TPSA) is 38.8 Å². The molecule has 0 saturated carbocycles. The van der Waals surface area contributed by atoms with Gasteiger partial charge in [0.15, 0.2) is 0 Å². The molecule has 4 heteroatoms. The molecule has 0 spiro atoms. The first kappa shape index (κ1) is 11.9. The Kier molecular flexibility index (Phi) is 3.64. The largest absolute Gasteiger partial charge is 0.496 e. The lowest BCUT2D eigenvalue weighted by molar-refractivity contribution is -0.148. The highest BCUT2D eigenvalue weighted by Crippen LogP contribution is 2.21. The van der Waals surface area contributed by atoms with Crippen LogP contribution in [-0.2, 0) is 16.1 Å². The number of rotatable bonds is 3. The number of morpholine rings is 1. The van der Waals surface area contributed by atoms with Gasteiger partial charge in [-0.2, -0.15) is 0 Å². The van der Waals surface area contributed by atoms with Crippen LogP contribution in [0.3, 0.4) is 0 Å². The van der Waals surface area contributed by atoms with Gasteiger partial charge in [0.25, 0.3) is 0 Å². The lowest BCUT2D eigenvalue weighted by atomic mass is 10.1. The zero-order valence-corrected chi connectivity index (χ0v) is 10.2. The number of nitrogens with zero attached hydrogens (tertiary/aromatic N) is 1. The molecule has 1 heterocycles. The molecule has 0 radical (unpaired) electrons. The number of benzene rings is 1. The first-order valence-electron chi connectivity index (χ1n) is 5.71. The van der Waals surface area contributed by atoms with Gasteiger partial charge in [0.2, 0.25) is 5.91 Å². The molecule has 0 aliphatic carbocycles. The predicted molar refractivity (Wildman–Crippen MR) is 63.8 cm³/mol. The normalized spacial score (nSPS) is 20.5. The summed E-state index contributed by atoms with van der Waals surface area (Å²) in [6, 6.07) is 7.88. The number of hydrogen-bond acceptors (Lipinski definition) is 3. The van der Waals surface area contributed by atoms with Crippen LogP contribution in [0.25, 0.3) is 0 Å². The fraction of sp³-hybridized carbons (Fsp3) is 0.462. The molecule has 1 aromatic rings. The molecule has 1 fully saturated rings. The van der Waals surface area contributed by atoms with E-state index in [-0.39, 0.29) is 18.6 Å². The second kappa shape index (κ2) is 5.19. The van der Waals surface area contributed by atoms with E-state index in [9.17, 15) is 4.79 Å². The van der Waals surface area contributed by atoms with Crippen molar-refractivity contribution in [3.05, 3.63) is 29.8 Å². The van der Waals surface area contributed by atoms with E-state index in [0.29, 0.717) is 13.2 Å². The molecule has 0 bridgehead atoms. The molecule has 1 unspecified atom stereocenters. The quantitative estimate of drug-likeness (QED) is 0.795. The van der Waals surface area contributed by atoms with E-state index in [1.54, 1.807) is 7.11 Å². The summed E-state index contributed by atoms with van der Waals surface area (Å²) >= 11 is 0. The third-order valence-corrected chi connectivity index (χ3v) is 2.97. The molecule has 2 rings (SSSR count). The molecule has 0 aromatic heterocycles. The first-order chi connectivity index (χ1) is 8.22. The van der Waals surface area contributed by atoms with Crippen LogP contribution in [0.5, 0.6) is 5.75 Å². The molecule has 1 amide bonds. The number of ether oxygens (including phenoxy) is 2. The highest BCUT2D eigenvalue weighted by atomic mass is 16.5. The van der Waals surface area contributed by atoms with Gasteiger partial charge in [-0.3, -0.25) is 4.79 Å². The summed E-state index contributed by atoms with van der Waals surface area (Å²) in [6.07, 6.45) is 0. The molecule has 1 atom stereocenters. The van der Waals surface area contributed by atoms with Crippen LogP contribution in [0.1, 0.15) is 12.5 Å².